The van der Waals surface area contributed by atoms with Gasteiger partial charge >= 0.3 is 5.97 Å². The van der Waals surface area contributed by atoms with E-state index in [0.29, 0.717) is 22.2 Å². The molecule has 0 fully saturated rings. The second kappa shape index (κ2) is 5.62. The first kappa shape index (κ1) is 16.9. The summed E-state index contributed by atoms with van der Waals surface area (Å²) in [7, 11) is 0. The molecule has 140 valence electrons. The summed E-state index contributed by atoms with van der Waals surface area (Å²) in [6.45, 7) is 3.42. The molecule has 0 amide bonds. The molecule has 0 unspecified atom stereocenters. The van der Waals surface area contributed by atoms with Crippen molar-refractivity contribution in [2.75, 3.05) is 0 Å². The molecular formula is C22H18N2O4. The Morgan fingerprint density at radius 1 is 1.29 bits per heavy atom. The molecule has 1 aliphatic heterocycles. The van der Waals surface area contributed by atoms with E-state index in [0.717, 1.165) is 21.6 Å². The number of para-hydroxylation sites is 1. The first-order valence-electron chi connectivity index (χ1n) is 9.25. The molecule has 0 aliphatic carbocycles. The van der Waals surface area contributed by atoms with Gasteiger partial charge in [0.1, 0.15) is 6.61 Å². The van der Waals surface area contributed by atoms with E-state index in [4.69, 9.17) is 9.72 Å². The highest BCUT2D eigenvalue weighted by Crippen LogP contribution is 2.34. The van der Waals surface area contributed by atoms with E-state index >= 15 is 0 Å². The van der Waals surface area contributed by atoms with E-state index in [9.17, 15) is 14.7 Å². The van der Waals surface area contributed by atoms with Crippen LogP contribution >= 0.6 is 0 Å². The molecule has 28 heavy (non-hydrogen) atoms. The molecular weight excluding hydrogens is 356 g/mol. The van der Waals surface area contributed by atoms with Crippen molar-refractivity contribution >= 4 is 39.4 Å². The predicted molar refractivity (Wildman–Crippen MR) is 106 cm³/mol. The molecule has 0 radical (unpaired) electrons. The maximum atomic E-state index is 13.3. The van der Waals surface area contributed by atoms with Crippen molar-refractivity contribution in [1.29, 1.82) is 0 Å². The lowest BCUT2D eigenvalue weighted by atomic mass is 9.86. The summed E-state index contributed by atoms with van der Waals surface area (Å²) >= 11 is 0. The number of hydrogen-bond donors (Lipinski definition) is 1. The zero-order valence-electron chi connectivity index (χ0n) is 15.5. The molecule has 1 aromatic carbocycles. The Balaban J connectivity index is 2.03. The average molecular weight is 374 g/mol. The lowest BCUT2D eigenvalue weighted by Crippen LogP contribution is -2.44. The Hall–Kier alpha value is -3.25. The summed E-state index contributed by atoms with van der Waals surface area (Å²) < 4.78 is 6.72. The molecule has 0 saturated heterocycles. The summed E-state index contributed by atoms with van der Waals surface area (Å²) in [4.78, 5) is 30.4. The van der Waals surface area contributed by atoms with Gasteiger partial charge in [0.15, 0.2) is 5.60 Å². The number of nitrogens with zero attached hydrogens (tertiary/aromatic N) is 2. The van der Waals surface area contributed by atoms with Crippen molar-refractivity contribution in [1.82, 2.24) is 9.38 Å². The summed E-state index contributed by atoms with van der Waals surface area (Å²) in [6, 6.07) is 11.5. The van der Waals surface area contributed by atoms with E-state index in [1.54, 1.807) is 17.4 Å². The minimum absolute atomic E-state index is 0.121. The van der Waals surface area contributed by atoms with Gasteiger partial charge in [0.2, 0.25) is 0 Å². The zero-order valence-corrected chi connectivity index (χ0v) is 15.5. The maximum absolute atomic E-state index is 13.3. The molecule has 4 aromatic rings. The van der Waals surface area contributed by atoms with Gasteiger partial charge in [-0.2, -0.15) is 0 Å². The molecule has 5 rings (SSSR count). The van der Waals surface area contributed by atoms with Crippen molar-refractivity contribution in [3.8, 4) is 0 Å². The number of cyclic esters (lactones) is 1. The summed E-state index contributed by atoms with van der Waals surface area (Å²) in [5.41, 5.74) is 0.592. The first-order valence-corrected chi connectivity index (χ1v) is 9.25. The summed E-state index contributed by atoms with van der Waals surface area (Å²) in [5, 5.41) is 13.5. The number of aliphatic hydroxyl groups is 1. The van der Waals surface area contributed by atoms with Crippen LogP contribution in [0.5, 0.6) is 0 Å². The maximum Gasteiger partial charge on any atom is 0.343 e. The Labute approximate surface area is 159 Å². The molecule has 1 N–H and O–H groups in total. The number of rotatable bonds is 1. The molecule has 4 heterocycles. The van der Waals surface area contributed by atoms with Crippen LogP contribution in [0.2, 0.25) is 0 Å². The second-order valence-electron chi connectivity index (χ2n) is 7.10. The van der Waals surface area contributed by atoms with Gasteiger partial charge in [-0.25, -0.2) is 9.78 Å². The Morgan fingerprint density at radius 2 is 2.07 bits per heavy atom. The van der Waals surface area contributed by atoms with Crippen molar-refractivity contribution in [3.63, 3.8) is 0 Å². The fraction of sp³-hybridized carbons (Fsp3) is 0.227. The second-order valence-corrected chi connectivity index (χ2v) is 7.10. The van der Waals surface area contributed by atoms with Crippen LogP contribution in [0.4, 0.5) is 0 Å². The number of hydrogen-bond acceptors (Lipinski definition) is 5. The first-order chi connectivity index (χ1) is 13.5. The minimum atomic E-state index is -1.82. The minimum Gasteiger partial charge on any atom is -0.458 e. The molecule has 1 aliphatic rings. The van der Waals surface area contributed by atoms with E-state index in [1.807, 2.05) is 43.3 Å². The van der Waals surface area contributed by atoms with Crippen molar-refractivity contribution in [2.24, 2.45) is 0 Å². The summed E-state index contributed by atoms with van der Waals surface area (Å²) in [5.74, 6) is -0.720. The summed E-state index contributed by atoms with van der Waals surface area (Å²) in [6.07, 6.45) is 2.00. The molecule has 3 aromatic heterocycles. The van der Waals surface area contributed by atoms with Gasteiger partial charge in [0, 0.05) is 16.3 Å². The van der Waals surface area contributed by atoms with Crippen LogP contribution in [0.25, 0.3) is 33.4 Å². The number of benzene rings is 1. The number of fused-ring (bicyclic) bond motifs is 5. The van der Waals surface area contributed by atoms with Gasteiger partial charge in [0.25, 0.3) is 5.56 Å². The highest BCUT2D eigenvalue weighted by molar-refractivity contribution is 6.01. The number of pyridine rings is 2. The normalized spacial score (nSPS) is 20.1. The fourth-order valence-electron chi connectivity index (χ4n) is 4.18. The standard InChI is InChI=1S/C22H18N2O4/c1-3-17-13-9-12-7-5-6-8-16(12)23-19(13)18-10-15-14(20(25)24(17)18)11-28-21(26)22(15,27)4-2/h3,5-10,27H,4,11H2,1-2H3/b17-3+/t22-/m0/s1. The monoisotopic (exact) mass is 374 g/mol. The van der Waals surface area contributed by atoms with Gasteiger partial charge in [-0.3, -0.25) is 9.20 Å². The third-order valence-corrected chi connectivity index (χ3v) is 5.71. The van der Waals surface area contributed by atoms with Crippen LogP contribution in [0.3, 0.4) is 0 Å². The number of aromatic nitrogens is 2. The largest absolute Gasteiger partial charge is 0.458 e. The third-order valence-electron chi connectivity index (χ3n) is 5.71. The van der Waals surface area contributed by atoms with E-state index < -0.39 is 11.6 Å². The highest BCUT2D eigenvalue weighted by atomic mass is 16.6. The Kier molecular flexibility index (Phi) is 3.39. The van der Waals surface area contributed by atoms with Gasteiger partial charge in [-0.15, -0.1) is 0 Å². The van der Waals surface area contributed by atoms with Gasteiger partial charge < -0.3 is 9.84 Å². The highest BCUT2D eigenvalue weighted by Gasteiger charge is 2.44. The topological polar surface area (TPSA) is 80.9 Å². The zero-order chi connectivity index (χ0) is 19.6. The van der Waals surface area contributed by atoms with Crippen molar-refractivity contribution < 1.29 is 14.6 Å². The van der Waals surface area contributed by atoms with Crippen molar-refractivity contribution in [2.45, 2.75) is 32.5 Å². The van der Waals surface area contributed by atoms with E-state index in [-0.39, 0.29) is 18.6 Å². The lowest BCUT2D eigenvalue weighted by Gasteiger charge is -2.31. The SMILES string of the molecule is C/C=c1\c2cc3ccccc3nc2c2cc3c(c(=O)n12)COC(=O)[C@]3(O)CC. The Morgan fingerprint density at radius 3 is 2.82 bits per heavy atom. The lowest BCUT2D eigenvalue weighted by molar-refractivity contribution is -0.172. The number of ether oxygens (including phenoxy) is 1. The van der Waals surface area contributed by atoms with Crippen molar-refractivity contribution in [3.05, 3.63) is 63.2 Å². The molecule has 6 nitrogen and oxygen atoms in total. The number of esters is 1. The number of carbonyl (C=O) groups excluding carboxylic acids is 1. The molecule has 0 spiro atoms. The molecule has 1 atom stereocenters. The fourth-order valence-corrected chi connectivity index (χ4v) is 4.18. The van der Waals surface area contributed by atoms with Crippen LogP contribution in [0, 0.1) is 0 Å². The van der Waals surface area contributed by atoms with Crippen LogP contribution in [-0.4, -0.2) is 20.5 Å². The number of carbonyl (C=O) groups is 1. The van der Waals surface area contributed by atoms with Gasteiger partial charge in [0.05, 0.1) is 27.5 Å². The van der Waals surface area contributed by atoms with Crippen LogP contribution < -0.4 is 10.9 Å². The molecule has 6 heteroatoms. The van der Waals surface area contributed by atoms with Gasteiger partial charge in [-0.05, 0) is 31.5 Å². The van der Waals surface area contributed by atoms with E-state index in [1.165, 1.54) is 0 Å². The van der Waals surface area contributed by atoms with Crippen LogP contribution in [0.15, 0.2) is 41.2 Å². The van der Waals surface area contributed by atoms with Crippen LogP contribution in [-0.2, 0) is 21.7 Å². The third kappa shape index (κ3) is 1.98. The molecule has 0 bridgehead atoms. The predicted octanol–water partition coefficient (Wildman–Crippen LogP) is 2.17. The smallest absolute Gasteiger partial charge is 0.343 e. The van der Waals surface area contributed by atoms with Gasteiger partial charge in [-0.1, -0.05) is 31.2 Å². The Bertz CT molecular complexity index is 1420. The van der Waals surface area contributed by atoms with E-state index in [2.05, 4.69) is 0 Å². The average Bonchev–Trinajstić information content (AvgIpc) is 3.02. The quantitative estimate of drug-likeness (QED) is 0.517. The molecule has 0 saturated carbocycles. The van der Waals surface area contributed by atoms with Crippen LogP contribution in [0.1, 0.15) is 31.4 Å².